The molecule has 1 aromatic rings. The van der Waals surface area contributed by atoms with Gasteiger partial charge in [0.05, 0.1) is 17.9 Å². The van der Waals surface area contributed by atoms with Gasteiger partial charge in [-0.05, 0) is 7.05 Å². The Morgan fingerprint density at radius 2 is 2.14 bits per heavy atom. The number of carbonyl (C=O) groups is 2. The lowest BCUT2D eigenvalue weighted by atomic mass is 10.2. The molecule has 1 fully saturated rings. The molecule has 0 radical (unpaired) electrons. The molecular weight excluding hydrogens is 306 g/mol. The van der Waals surface area contributed by atoms with E-state index >= 15 is 0 Å². The van der Waals surface area contributed by atoms with Crippen molar-refractivity contribution in [1.29, 1.82) is 0 Å². The normalized spacial score (nSPS) is 17.3. The first-order valence-electron chi connectivity index (χ1n) is 7.22. The van der Waals surface area contributed by atoms with Crippen molar-refractivity contribution < 1.29 is 18.9 Å². The molecule has 0 aromatic carbocycles. The van der Waals surface area contributed by atoms with Crippen molar-refractivity contribution >= 4 is 28.7 Å². The highest BCUT2D eigenvalue weighted by Crippen LogP contribution is 2.11. The Balaban J connectivity index is 1.86. The largest absolute Gasteiger partial charge is 0.305 e. The molecule has 1 atom stereocenters. The lowest BCUT2D eigenvalue weighted by molar-refractivity contribution is -0.759. The van der Waals surface area contributed by atoms with Gasteiger partial charge in [0.25, 0.3) is 6.20 Å². The maximum absolute atomic E-state index is 12.0. The van der Waals surface area contributed by atoms with Gasteiger partial charge in [-0.25, -0.2) is 0 Å². The number of nitrogens with zero attached hydrogens (tertiary/aromatic N) is 4. The van der Waals surface area contributed by atoms with Crippen LogP contribution in [0.1, 0.15) is 13.8 Å². The van der Waals surface area contributed by atoms with Crippen molar-refractivity contribution in [3.05, 3.63) is 6.20 Å². The van der Waals surface area contributed by atoms with Crippen molar-refractivity contribution in [3.63, 3.8) is 0 Å². The molecule has 1 amide bonds. The molecule has 8 nitrogen and oxygen atoms in total. The molecule has 9 heteroatoms. The summed E-state index contributed by atoms with van der Waals surface area (Å²) in [6.45, 7) is 6.89. The van der Waals surface area contributed by atoms with Crippen molar-refractivity contribution in [1.82, 2.24) is 10.2 Å². The predicted molar refractivity (Wildman–Crippen MR) is 83.1 cm³/mol. The molecule has 1 aliphatic heterocycles. The van der Waals surface area contributed by atoms with Crippen LogP contribution >= 0.6 is 11.8 Å². The molecule has 1 aromatic heterocycles. The second kappa shape index (κ2) is 7.59. The van der Waals surface area contributed by atoms with Crippen LogP contribution in [0.15, 0.2) is 10.7 Å². The molecule has 0 aliphatic carbocycles. The number of likely N-dealkylation sites (N-methyl/N-ethyl adjacent to an activating group) is 1. The van der Waals surface area contributed by atoms with Gasteiger partial charge in [0.15, 0.2) is 5.12 Å². The first-order chi connectivity index (χ1) is 10.5. The number of rotatable bonds is 5. The molecule has 1 N–H and O–H groups in total. The summed E-state index contributed by atoms with van der Waals surface area (Å²) in [7, 11) is 2.08. The SMILES string of the molecule is CC(=O)SC[C@@H](C)C(=O)Nc1c[n+](N2CCN(C)CC2)no1. The fraction of sp³-hybridized carbons (Fsp3) is 0.692. The molecule has 0 bridgehead atoms. The Hall–Kier alpha value is -1.61. The summed E-state index contributed by atoms with van der Waals surface area (Å²) in [6.07, 6.45) is 1.66. The molecular formula is C13H22N5O3S+. The zero-order valence-electron chi connectivity index (χ0n) is 13.1. The topological polar surface area (TPSA) is 82.6 Å². The standard InChI is InChI=1S/C13H21N5O3S/c1-10(9-22-11(2)19)13(20)14-12-8-18(15-21-12)17-6-4-16(3)5-7-17/h8,10H,4-7,9H2,1-3H3/p+1/t10-/m1/s1. The van der Waals surface area contributed by atoms with E-state index in [0.29, 0.717) is 11.6 Å². The molecule has 1 aliphatic rings. The lowest BCUT2D eigenvalue weighted by Gasteiger charge is -2.26. The summed E-state index contributed by atoms with van der Waals surface area (Å²) >= 11 is 1.14. The number of amides is 1. The van der Waals surface area contributed by atoms with Crippen LogP contribution in [0, 0.1) is 5.92 Å². The fourth-order valence-electron chi connectivity index (χ4n) is 1.99. The van der Waals surface area contributed by atoms with Crippen LogP contribution < -0.4 is 15.1 Å². The van der Waals surface area contributed by atoms with Crippen molar-refractivity contribution in [2.75, 3.05) is 49.3 Å². The summed E-state index contributed by atoms with van der Waals surface area (Å²) in [5.74, 6) is 0.295. The zero-order chi connectivity index (χ0) is 16.1. The Morgan fingerprint density at radius 1 is 1.45 bits per heavy atom. The summed E-state index contributed by atoms with van der Waals surface area (Å²) in [5.41, 5.74) is 0. The third-order valence-corrected chi connectivity index (χ3v) is 4.53. The van der Waals surface area contributed by atoms with E-state index in [9.17, 15) is 9.59 Å². The van der Waals surface area contributed by atoms with E-state index < -0.39 is 0 Å². The number of nitrogens with one attached hydrogen (secondary N) is 1. The van der Waals surface area contributed by atoms with E-state index in [1.54, 1.807) is 17.9 Å². The van der Waals surface area contributed by atoms with Gasteiger partial charge in [0, 0.05) is 31.7 Å². The number of piperazine rings is 1. The monoisotopic (exact) mass is 328 g/mol. The number of aromatic nitrogens is 2. The molecule has 0 spiro atoms. The third-order valence-electron chi connectivity index (χ3n) is 3.46. The third kappa shape index (κ3) is 4.70. The zero-order valence-corrected chi connectivity index (χ0v) is 13.9. The maximum Gasteiger partial charge on any atom is 0.305 e. The lowest BCUT2D eigenvalue weighted by Crippen LogP contribution is -2.64. The molecule has 1 saturated heterocycles. The highest BCUT2D eigenvalue weighted by atomic mass is 32.2. The van der Waals surface area contributed by atoms with Gasteiger partial charge in [-0.2, -0.15) is 5.01 Å². The van der Waals surface area contributed by atoms with Crippen LogP contribution in [-0.4, -0.2) is 60.2 Å². The first kappa shape index (κ1) is 16.8. The van der Waals surface area contributed by atoms with Crippen molar-refractivity contribution in [2.24, 2.45) is 5.92 Å². The quantitative estimate of drug-likeness (QED) is 0.743. The number of anilines is 1. The molecule has 0 saturated carbocycles. The smallest absolute Gasteiger partial charge is 0.302 e. The van der Waals surface area contributed by atoms with Crippen LogP contribution in [0.4, 0.5) is 5.88 Å². The average Bonchev–Trinajstić information content (AvgIpc) is 2.93. The highest BCUT2D eigenvalue weighted by molar-refractivity contribution is 8.13. The molecule has 2 rings (SSSR count). The second-order valence-corrected chi connectivity index (χ2v) is 6.63. The summed E-state index contributed by atoms with van der Waals surface area (Å²) in [5, 5.41) is 8.67. The van der Waals surface area contributed by atoms with Crippen LogP contribution in [0.2, 0.25) is 0 Å². The Kier molecular flexibility index (Phi) is 5.78. The minimum Gasteiger partial charge on any atom is -0.302 e. The molecule has 122 valence electrons. The van der Waals surface area contributed by atoms with E-state index in [2.05, 4.69) is 22.5 Å². The number of thioether (sulfide) groups is 1. The van der Waals surface area contributed by atoms with Gasteiger partial charge in [-0.3, -0.25) is 19.4 Å². The van der Waals surface area contributed by atoms with E-state index in [1.165, 1.54) is 6.92 Å². The van der Waals surface area contributed by atoms with Crippen molar-refractivity contribution in [2.45, 2.75) is 13.8 Å². The second-order valence-electron chi connectivity index (χ2n) is 5.44. The first-order valence-corrected chi connectivity index (χ1v) is 8.21. The minimum atomic E-state index is -0.281. The van der Waals surface area contributed by atoms with Gasteiger partial charge in [0.2, 0.25) is 11.2 Å². The van der Waals surface area contributed by atoms with Crippen molar-refractivity contribution in [3.8, 4) is 0 Å². The van der Waals surface area contributed by atoms with Gasteiger partial charge in [-0.1, -0.05) is 18.7 Å². The van der Waals surface area contributed by atoms with Crippen LogP contribution in [-0.2, 0) is 9.59 Å². The summed E-state index contributed by atoms with van der Waals surface area (Å²) in [4.78, 5) is 26.8. The van der Waals surface area contributed by atoms with Gasteiger partial charge in [-0.15, -0.1) is 0 Å². The van der Waals surface area contributed by atoms with Crippen LogP contribution in [0.3, 0.4) is 0 Å². The van der Waals surface area contributed by atoms with Crippen LogP contribution in [0.25, 0.3) is 0 Å². The Labute approximate surface area is 133 Å². The number of hydrogen-bond donors (Lipinski definition) is 1. The van der Waals surface area contributed by atoms with E-state index in [4.69, 9.17) is 4.52 Å². The molecule has 22 heavy (non-hydrogen) atoms. The summed E-state index contributed by atoms with van der Waals surface area (Å²) < 4.78 is 5.14. The highest BCUT2D eigenvalue weighted by Gasteiger charge is 2.25. The fourth-order valence-corrected chi connectivity index (χ4v) is 2.63. The van der Waals surface area contributed by atoms with Gasteiger partial charge < -0.3 is 4.90 Å². The van der Waals surface area contributed by atoms with E-state index in [0.717, 1.165) is 37.9 Å². The minimum absolute atomic E-state index is 0.00669. The van der Waals surface area contributed by atoms with Crippen LogP contribution in [0.5, 0.6) is 0 Å². The Morgan fingerprint density at radius 3 is 2.77 bits per heavy atom. The molecule has 2 heterocycles. The van der Waals surface area contributed by atoms with Gasteiger partial charge >= 0.3 is 5.88 Å². The average molecular weight is 328 g/mol. The van der Waals surface area contributed by atoms with Gasteiger partial charge in [0.1, 0.15) is 0 Å². The number of carbonyl (C=O) groups excluding carboxylic acids is 2. The number of hydrogen-bond acceptors (Lipinski definition) is 7. The van der Waals surface area contributed by atoms with E-state index in [-0.39, 0.29) is 16.9 Å². The Bertz CT molecular complexity index is 528. The molecule has 0 unspecified atom stereocenters. The maximum atomic E-state index is 12.0. The van der Waals surface area contributed by atoms with E-state index in [1.807, 2.05) is 5.01 Å². The summed E-state index contributed by atoms with van der Waals surface area (Å²) in [6, 6.07) is 0. The predicted octanol–water partition coefficient (Wildman–Crippen LogP) is -0.300.